The minimum Gasteiger partial charge on any atom is -0.477 e. The van der Waals surface area contributed by atoms with Gasteiger partial charge in [-0.05, 0) is 6.07 Å². The monoisotopic (exact) mass is 253 g/mol. The van der Waals surface area contributed by atoms with Crippen LogP contribution in [0.2, 0.25) is 0 Å². The van der Waals surface area contributed by atoms with Crippen LogP contribution in [0.4, 0.5) is 0 Å². The van der Waals surface area contributed by atoms with Gasteiger partial charge in [0.1, 0.15) is 4.88 Å². The number of carbonyl (C=O) groups is 1. The molecule has 3 nitrogen and oxygen atoms in total. The first-order chi connectivity index (χ1) is 6.00. The van der Waals surface area contributed by atoms with Crippen molar-refractivity contribution >= 4 is 55.6 Å². The molecule has 0 radical (unpaired) electrons. The normalized spacial score (nSPS) is 10.8. The molecule has 0 aliphatic carbocycles. The predicted octanol–water partition coefficient (Wildman–Crippen LogP) is 2.23. The summed E-state index contributed by atoms with van der Waals surface area (Å²) >= 11 is 13.2. The molecular weight excluding hydrogens is 246 g/mol. The van der Waals surface area contributed by atoms with E-state index >= 15 is 0 Å². The lowest BCUT2D eigenvalue weighted by Crippen LogP contribution is -1.95. The maximum absolute atomic E-state index is 10.6. The van der Waals surface area contributed by atoms with E-state index in [1.807, 2.05) is 0 Å². The summed E-state index contributed by atoms with van der Waals surface area (Å²) in [4.78, 5) is 12.4. The molecule has 0 saturated heterocycles. The van der Waals surface area contributed by atoms with Crippen LogP contribution in [-0.4, -0.2) is 14.8 Å². The Kier molecular flexibility index (Phi) is 3.99. The molecule has 7 heteroatoms. The van der Waals surface area contributed by atoms with Crippen molar-refractivity contribution < 1.29 is 9.90 Å². The van der Waals surface area contributed by atoms with Crippen molar-refractivity contribution in [3.05, 3.63) is 15.8 Å². The summed E-state index contributed by atoms with van der Waals surface area (Å²) in [6, 6.07) is 1.52. The first-order valence-electron chi connectivity index (χ1n) is 3.21. The van der Waals surface area contributed by atoms with E-state index < -0.39 is 5.97 Å². The Morgan fingerprint density at radius 1 is 1.62 bits per heavy atom. The van der Waals surface area contributed by atoms with Crippen LogP contribution in [0.1, 0.15) is 14.5 Å². The summed E-state index contributed by atoms with van der Waals surface area (Å²) in [7, 11) is 0. The molecule has 0 saturated carbocycles. The lowest BCUT2D eigenvalue weighted by atomic mass is 10.4. The Bertz CT molecular complexity index is 322. The van der Waals surface area contributed by atoms with E-state index in [0.717, 1.165) is 4.88 Å². The summed E-state index contributed by atoms with van der Waals surface area (Å²) in [5, 5.41) is 8.68. The highest BCUT2D eigenvalue weighted by Crippen LogP contribution is 2.27. The van der Waals surface area contributed by atoms with Crippen LogP contribution in [0.3, 0.4) is 0 Å². The summed E-state index contributed by atoms with van der Waals surface area (Å²) in [6.45, 7) is 0.461. The maximum Gasteiger partial charge on any atom is 0.345 e. The van der Waals surface area contributed by atoms with Crippen molar-refractivity contribution in [3.63, 3.8) is 0 Å². The zero-order valence-electron chi connectivity index (χ0n) is 6.34. The van der Waals surface area contributed by atoms with E-state index in [9.17, 15) is 4.79 Å². The molecule has 0 atom stereocenters. The molecule has 1 heterocycles. The van der Waals surface area contributed by atoms with Crippen molar-refractivity contribution in [3.8, 4) is 0 Å². The number of rotatable bonds is 3. The van der Waals surface area contributed by atoms with Gasteiger partial charge in [-0.1, -0.05) is 25.6 Å². The van der Waals surface area contributed by atoms with Gasteiger partial charge in [-0.2, -0.15) is 3.71 Å². The average Bonchev–Trinajstić information content (AvgIpc) is 2.31. The van der Waals surface area contributed by atoms with Gasteiger partial charge in [0.05, 0.1) is 6.54 Å². The maximum atomic E-state index is 10.6. The van der Waals surface area contributed by atoms with Gasteiger partial charge >= 0.3 is 5.97 Å². The zero-order chi connectivity index (χ0) is 10.0. The minimum atomic E-state index is -0.934. The van der Waals surface area contributed by atoms with E-state index in [1.54, 1.807) is 0 Å². The standard InChI is InChI=1S/C6H7NO2S4/c8-6(9)4-1-3(10)5(13-4)2-7(11)12/h1,10-12H,2H2,(H,8,9). The van der Waals surface area contributed by atoms with Crippen molar-refractivity contribution in [2.45, 2.75) is 11.4 Å². The highest BCUT2D eigenvalue weighted by Gasteiger charge is 2.12. The van der Waals surface area contributed by atoms with Crippen LogP contribution in [0.5, 0.6) is 0 Å². The van der Waals surface area contributed by atoms with Gasteiger partial charge in [-0.3, -0.25) is 0 Å². The molecule has 0 aromatic carbocycles. The molecule has 0 unspecified atom stereocenters. The van der Waals surface area contributed by atoms with Gasteiger partial charge in [-0.25, -0.2) is 4.79 Å². The van der Waals surface area contributed by atoms with E-state index in [0.29, 0.717) is 11.4 Å². The van der Waals surface area contributed by atoms with Crippen molar-refractivity contribution in [1.29, 1.82) is 0 Å². The second-order valence-electron chi connectivity index (χ2n) is 2.25. The van der Waals surface area contributed by atoms with E-state index in [1.165, 1.54) is 21.1 Å². The van der Waals surface area contributed by atoms with Crippen LogP contribution in [0, 0.1) is 0 Å². The molecule has 0 amide bonds. The van der Waals surface area contributed by atoms with E-state index in [4.69, 9.17) is 5.11 Å². The predicted molar refractivity (Wildman–Crippen MR) is 62.0 cm³/mol. The van der Waals surface area contributed by atoms with E-state index in [2.05, 4.69) is 38.3 Å². The first-order valence-corrected chi connectivity index (χ1v) is 5.27. The number of hydrogen-bond acceptors (Lipinski definition) is 6. The van der Waals surface area contributed by atoms with Gasteiger partial charge in [-0.15, -0.1) is 24.0 Å². The molecule has 0 aliphatic heterocycles. The van der Waals surface area contributed by atoms with Crippen LogP contribution in [-0.2, 0) is 6.54 Å². The highest BCUT2D eigenvalue weighted by atomic mass is 32.2. The van der Waals surface area contributed by atoms with Gasteiger partial charge < -0.3 is 5.11 Å². The largest absolute Gasteiger partial charge is 0.477 e. The fourth-order valence-corrected chi connectivity index (χ4v) is 2.55. The lowest BCUT2D eigenvalue weighted by Gasteiger charge is -2.04. The number of carboxylic acids is 1. The van der Waals surface area contributed by atoms with Crippen LogP contribution in [0.15, 0.2) is 11.0 Å². The van der Waals surface area contributed by atoms with Gasteiger partial charge in [0.15, 0.2) is 0 Å². The quantitative estimate of drug-likeness (QED) is 0.624. The smallest absolute Gasteiger partial charge is 0.345 e. The number of thiol groups is 3. The Morgan fingerprint density at radius 2 is 2.23 bits per heavy atom. The fourth-order valence-electron chi connectivity index (χ4n) is 0.766. The molecule has 1 N–H and O–H groups in total. The van der Waals surface area contributed by atoms with E-state index in [-0.39, 0.29) is 4.88 Å². The van der Waals surface area contributed by atoms with Crippen molar-refractivity contribution in [2.75, 3.05) is 0 Å². The number of thiophene rings is 1. The average molecular weight is 253 g/mol. The number of carboxylic acid groups (broad SMARTS) is 1. The Labute approximate surface area is 96.3 Å². The Balaban J connectivity index is 2.90. The molecule has 1 rings (SSSR count). The Morgan fingerprint density at radius 3 is 2.62 bits per heavy atom. The molecule has 0 spiro atoms. The lowest BCUT2D eigenvalue weighted by molar-refractivity contribution is 0.0702. The third-order valence-electron chi connectivity index (χ3n) is 1.28. The second-order valence-corrected chi connectivity index (χ2v) is 5.15. The minimum absolute atomic E-state index is 0.281. The number of aromatic carboxylic acids is 1. The fraction of sp³-hybridized carbons (Fsp3) is 0.167. The van der Waals surface area contributed by atoms with Crippen LogP contribution in [0.25, 0.3) is 0 Å². The molecular formula is C6H7NO2S4. The van der Waals surface area contributed by atoms with Gasteiger partial charge in [0.2, 0.25) is 0 Å². The SMILES string of the molecule is O=C(O)c1cc(S)c(CN(S)S)s1. The summed E-state index contributed by atoms with van der Waals surface area (Å²) in [5.74, 6) is -0.934. The van der Waals surface area contributed by atoms with Crippen LogP contribution >= 0.6 is 49.6 Å². The molecule has 0 fully saturated rings. The summed E-state index contributed by atoms with van der Waals surface area (Å²) < 4.78 is 1.37. The molecule has 72 valence electrons. The molecule has 1 aromatic heterocycles. The summed E-state index contributed by atoms with van der Waals surface area (Å²) in [5.41, 5.74) is 0. The first kappa shape index (κ1) is 11.3. The van der Waals surface area contributed by atoms with Crippen molar-refractivity contribution in [1.82, 2.24) is 3.71 Å². The second kappa shape index (κ2) is 4.61. The van der Waals surface area contributed by atoms with Crippen LogP contribution < -0.4 is 0 Å². The molecule has 13 heavy (non-hydrogen) atoms. The molecule has 0 bridgehead atoms. The third kappa shape index (κ3) is 3.10. The topological polar surface area (TPSA) is 40.5 Å². The Hall–Kier alpha value is 0.180. The third-order valence-corrected chi connectivity index (χ3v) is 3.22. The number of nitrogens with zero attached hydrogens (tertiary/aromatic N) is 1. The highest BCUT2D eigenvalue weighted by molar-refractivity contribution is 7.93. The summed E-state index contributed by atoms with van der Waals surface area (Å²) in [6.07, 6.45) is 0. The number of hydrogen-bond donors (Lipinski definition) is 4. The molecule has 0 aliphatic rings. The zero-order valence-corrected chi connectivity index (χ0v) is 9.84. The van der Waals surface area contributed by atoms with Gasteiger partial charge in [0.25, 0.3) is 0 Å². The van der Waals surface area contributed by atoms with Crippen molar-refractivity contribution in [2.24, 2.45) is 0 Å². The van der Waals surface area contributed by atoms with Gasteiger partial charge in [0, 0.05) is 9.77 Å². The molecule has 1 aromatic rings.